The topological polar surface area (TPSA) is 85.6 Å². The van der Waals surface area contributed by atoms with Crippen molar-refractivity contribution in [2.24, 2.45) is 0 Å². The molecule has 24 heavy (non-hydrogen) atoms. The van der Waals surface area contributed by atoms with Crippen LogP contribution in [-0.2, 0) is 4.74 Å². The fraction of sp³-hybridized carbons (Fsp3) is 0.625. The number of hydrogen-bond donors (Lipinski definition) is 0. The predicted molar refractivity (Wildman–Crippen MR) is 92.2 cm³/mol. The zero-order valence-electron chi connectivity index (χ0n) is 14.2. The van der Waals surface area contributed by atoms with E-state index in [0.717, 1.165) is 19.3 Å². The molecule has 1 amide bonds. The van der Waals surface area contributed by atoms with E-state index in [2.05, 4.69) is 4.98 Å². The first-order valence-electron chi connectivity index (χ1n) is 8.00. The Morgan fingerprint density at radius 2 is 2.25 bits per heavy atom. The first kappa shape index (κ1) is 18.5. The molecule has 8 heteroatoms. The highest BCUT2D eigenvalue weighted by molar-refractivity contribution is 7.99. The van der Waals surface area contributed by atoms with Crippen LogP contribution in [-0.4, -0.2) is 44.8 Å². The number of nitro groups is 1. The number of piperidine rings is 1. The minimum Gasteiger partial charge on any atom is -0.444 e. The highest BCUT2D eigenvalue weighted by Gasteiger charge is 2.31. The van der Waals surface area contributed by atoms with Crippen molar-refractivity contribution >= 4 is 23.5 Å². The van der Waals surface area contributed by atoms with Crippen molar-refractivity contribution in [2.45, 2.75) is 56.7 Å². The Balaban J connectivity index is 2.04. The van der Waals surface area contributed by atoms with Gasteiger partial charge in [0.25, 0.3) is 0 Å². The highest BCUT2D eigenvalue weighted by atomic mass is 32.2. The lowest BCUT2D eigenvalue weighted by atomic mass is 10.0. The number of carbonyl (C=O) groups excluding carboxylic acids is 1. The maximum absolute atomic E-state index is 12.4. The Morgan fingerprint density at radius 3 is 2.92 bits per heavy atom. The molecule has 7 nitrogen and oxygen atoms in total. The van der Waals surface area contributed by atoms with Crippen LogP contribution in [0.5, 0.6) is 0 Å². The minimum atomic E-state index is -0.536. The van der Waals surface area contributed by atoms with Gasteiger partial charge in [0.15, 0.2) is 5.03 Å². The molecule has 1 fully saturated rings. The number of pyridine rings is 1. The van der Waals surface area contributed by atoms with Gasteiger partial charge < -0.3 is 9.64 Å². The second-order valence-corrected chi connectivity index (χ2v) is 7.73. The van der Waals surface area contributed by atoms with Crippen molar-refractivity contribution in [1.82, 2.24) is 9.88 Å². The van der Waals surface area contributed by atoms with Crippen LogP contribution in [0.3, 0.4) is 0 Å². The number of hydrogen-bond acceptors (Lipinski definition) is 6. The number of ether oxygens (including phenoxy) is 1. The van der Waals surface area contributed by atoms with Crippen molar-refractivity contribution < 1.29 is 14.5 Å². The van der Waals surface area contributed by atoms with E-state index in [1.54, 1.807) is 17.2 Å². The Kier molecular flexibility index (Phi) is 6.04. The van der Waals surface area contributed by atoms with Gasteiger partial charge in [0.2, 0.25) is 0 Å². The highest BCUT2D eigenvalue weighted by Crippen LogP contribution is 2.30. The fourth-order valence-corrected chi connectivity index (χ4v) is 3.67. The summed E-state index contributed by atoms with van der Waals surface area (Å²) in [6.07, 6.45) is 4.08. The average Bonchev–Trinajstić information content (AvgIpc) is 2.51. The van der Waals surface area contributed by atoms with Crippen LogP contribution in [0.1, 0.15) is 40.0 Å². The number of aromatic nitrogens is 1. The molecule has 1 aromatic rings. The van der Waals surface area contributed by atoms with E-state index in [9.17, 15) is 14.9 Å². The zero-order chi connectivity index (χ0) is 17.7. The smallest absolute Gasteiger partial charge is 0.410 e. The predicted octanol–water partition coefficient (Wildman–Crippen LogP) is 3.87. The standard InChI is InChI=1S/C16H23N3O4S/c1-16(2,3)23-15(20)18-10-5-4-7-12(18)11-24-14-13(19(21)22)8-6-9-17-14/h6,8-9,12H,4-5,7,10-11H2,1-3H3/t12-/m1/s1. The molecule has 0 spiro atoms. The molecule has 1 aliphatic rings. The zero-order valence-corrected chi connectivity index (χ0v) is 15.0. The molecule has 1 saturated heterocycles. The Morgan fingerprint density at radius 1 is 1.50 bits per heavy atom. The molecule has 132 valence electrons. The normalized spacial score (nSPS) is 18.3. The molecule has 1 aliphatic heterocycles. The monoisotopic (exact) mass is 353 g/mol. The lowest BCUT2D eigenvalue weighted by molar-refractivity contribution is -0.388. The van der Waals surface area contributed by atoms with E-state index in [4.69, 9.17) is 4.74 Å². The van der Waals surface area contributed by atoms with Crippen LogP contribution < -0.4 is 0 Å². The Labute approximate surface area is 145 Å². The number of carbonyl (C=O) groups is 1. The van der Waals surface area contributed by atoms with Gasteiger partial charge in [-0.3, -0.25) is 10.1 Å². The number of thioether (sulfide) groups is 1. The Hall–Kier alpha value is -1.83. The van der Waals surface area contributed by atoms with Crippen molar-refractivity contribution in [3.05, 3.63) is 28.4 Å². The van der Waals surface area contributed by atoms with E-state index >= 15 is 0 Å². The first-order chi connectivity index (χ1) is 11.3. The molecular formula is C16H23N3O4S. The summed E-state index contributed by atoms with van der Waals surface area (Å²) in [6, 6.07) is 3.00. The number of nitrogens with zero attached hydrogens (tertiary/aromatic N) is 3. The largest absolute Gasteiger partial charge is 0.444 e. The number of amides is 1. The third kappa shape index (κ3) is 5.09. The molecule has 2 rings (SSSR count). The summed E-state index contributed by atoms with van der Waals surface area (Å²) in [7, 11) is 0. The summed E-state index contributed by atoms with van der Waals surface area (Å²) in [5.74, 6) is 0.567. The van der Waals surface area contributed by atoms with E-state index in [0.29, 0.717) is 17.3 Å². The van der Waals surface area contributed by atoms with Crippen LogP contribution >= 0.6 is 11.8 Å². The summed E-state index contributed by atoms with van der Waals surface area (Å²) in [4.78, 5) is 28.9. The van der Waals surface area contributed by atoms with Gasteiger partial charge in [0.1, 0.15) is 5.60 Å². The molecule has 0 N–H and O–H groups in total. The summed E-state index contributed by atoms with van der Waals surface area (Å²) in [6.45, 7) is 6.19. The average molecular weight is 353 g/mol. The molecule has 2 heterocycles. The third-order valence-electron chi connectivity index (χ3n) is 3.62. The summed E-state index contributed by atoms with van der Waals surface area (Å²) < 4.78 is 5.48. The third-order valence-corrected chi connectivity index (χ3v) is 4.75. The van der Waals surface area contributed by atoms with Crippen LogP contribution in [0.4, 0.5) is 10.5 Å². The molecule has 0 unspecified atom stereocenters. The molecule has 1 aromatic heterocycles. The SMILES string of the molecule is CC(C)(C)OC(=O)N1CCCC[C@@H]1CSc1ncccc1[N+](=O)[O-]. The minimum absolute atomic E-state index is 0.000195. The molecular weight excluding hydrogens is 330 g/mol. The van der Waals surface area contributed by atoms with Crippen LogP contribution in [0.25, 0.3) is 0 Å². The van der Waals surface area contributed by atoms with Crippen LogP contribution in [0.2, 0.25) is 0 Å². The Bertz CT molecular complexity index is 603. The molecule has 0 saturated carbocycles. The van der Waals surface area contributed by atoms with E-state index in [1.165, 1.54) is 17.8 Å². The summed E-state index contributed by atoms with van der Waals surface area (Å²) in [5, 5.41) is 11.5. The molecule has 0 bridgehead atoms. The number of likely N-dealkylation sites (tertiary alicyclic amines) is 1. The van der Waals surface area contributed by atoms with Crippen LogP contribution in [0.15, 0.2) is 23.4 Å². The van der Waals surface area contributed by atoms with E-state index < -0.39 is 10.5 Å². The lowest BCUT2D eigenvalue weighted by Gasteiger charge is -2.36. The lowest BCUT2D eigenvalue weighted by Crippen LogP contribution is -2.47. The quantitative estimate of drug-likeness (QED) is 0.464. The van der Waals surface area contributed by atoms with Gasteiger partial charge in [-0.1, -0.05) is 11.8 Å². The molecule has 0 aromatic carbocycles. The van der Waals surface area contributed by atoms with Crippen LogP contribution in [0, 0.1) is 10.1 Å². The van der Waals surface area contributed by atoms with Gasteiger partial charge in [-0.25, -0.2) is 9.78 Å². The van der Waals surface area contributed by atoms with Gasteiger partial charge in [-0.05, 0) is 46.1 Å². The van der Waals surface area contributed by atoms with Gasteiger partial charge >= 0.3 is 11.8 Å². The molecule has 0 radical (unpaired) electrons. The van der Waals surface area contributed by atoms with E-state index in [-0.39, 0.29) is 17.8 Å². The van der Waals surface area contributed by atoms with Gasteiger partial charge in [0, 0.05) is 30.6 Å². The van der Waals surface area contributed by atoms with Crippen molar-refractivity contribution in [3.8, 4) is 0 Å². The van der Waals surface area contributed by atoms with Crippen molar-refractivity contribution in [1.29, 1.82) is 0 Å². The fourth-order valence-electron chi connectivity index (χ4n) is 2.54. The van der Waals surface area contributed by atoms with Crippen molar-refractivity contribution in [3.63, 3.8) is 0 Å². The summed E-state index contributed by atoms with van der Waals surface area (Å²) >= 11 is 1.32. The maximum atomic E-state index is 12.4. The second kappa shape index (κ2) is 7.83. The van der Waals surface area contributed by atoms with Gasteiger partial charge in [-0.2, -0.15) is 0 Å². The van der Waals surface area contributed by atoms with Crippen molar-refractivity contribution in [2.75, 3.05) is 12.3 Å². The van der Waals surface area contributed by atoms with Gasteiger partial charge in [0.05, 0.1) is 4.92 Å². The first-order valence-corrected chi connectivity index (χ1v) is 8.98. The van der Waals surface area contributed by atoms with E-state index in [1.807, 2.05) is 20.8 Å². The van der Waals surface area contributed by atoms with Gasteiger partial charge in [-0.15, -0.1) is 0 Å². The molecule has 1 atom stereocenters. The second-order valence-electron chi connectivity index (χ2n) is 6.72. The molecule has 0 aliphatic carbocycles. The summed E-state index contributed by atoms with van der Waals surface area (Å²) in [5.41, 5.74) is -0.534. The number of rotatable bonds is 4. The maximum Gasteiger partial charge on any atom is 0.410 e.